The predicted molar refractivity (Wildman–Crippen MR) is 96.9 cm³/mol. The molecule has 1 aliphatic rings. The molecule has 0 N–H and O–H groups in total. The second-order valence-corrected chi connectivity index (χ2v) is 6.15. The Bertz CT molecular complexity index is 902. The minimum atomic E-state index is 0.0285. The van der Waals surface area contributed by atoms with Crippen LogP contribution in [0.2, 0.25) is 0 Å². The zero-order chi connectivity index (χ0) is 17.9. The summed E-state index contributed by atoms with van der Waals surface area (Å²) in [6.45, 7) is 2.92. The number of aromatic nitrogens is 4. The lowest BCUT2D eigenvalue weighted by molar-refractivity contribution is -0.135. The van der Waals surface area contributed by atoms with Crippen molar-refractivity contribution in [3.05, 3.63) is 42.5 Å². The summed E-state index contributed by atoms with van der Waals surface area (Å²) < 4.78 is 6.70. The van der Waals surface area contributed by atoms with Crippen LogP contribution in [0.5, 0.6) is 0 Å². The van der Waals surface area contributed by atoms with Gasteiger partial charge in [-0.2, -0.15) is 4.52 Å². The Kier molecular flexibility index (Phi) is 4.49. The van der Waals surface area contributed by atoms with Gasteiger partial charge in [-0.25, -0.2) is 0 Å². The number of benzene rings is 1. The highest BCUT2D eigenvalue weighted by molar-refractivity contribution is 5.77. The van der Waals surface area contributed by atoms with Crippen LogP contribution in [-0.2, 0) is 9.53 Å². The molecule has 0 aliphatic carbocycles. The molecule has 26 heavy (non-hydrogen) atoms. The van der Waals surface area contributed by atoms with Crippen molar-refractivity contribution < 1.29 is 9.53 Å². The van der Waals surface area contributed by atoms with E-state index in [1.165, 1.54) is 7.11 Å². The Hall–Kier alpha value is -3.00. The highest BCUT2D eigenvalue weighted by Gasteiger charge is 2.22. The maximum Gasteiger partial charge on any atom is 0.248 e. The minimum absolute atomic E-state index is 0.0285. The van der Waals surface area contributed by atoms with Gasteiger partial charge in [-0.1, -0.05) is 30.3 Å². The van der Waals surface area contributed by atoms with Crippen molar-refractivity contribution in [2.45, 2.75) is 0 Å². The zero-order valence-corrected chi connectivity index (χ0v) is 14.6. The van der Waals surface area contributed by atoms with Crippen molar-refractivity contribution in [1.82, 2.24) is 24.7 Å². The van der Waals surface area contributed by atoms with Crippen LogP contribution in [0.15, 0.2) is 42.5 Å². The molecule has 3 aromatic rings. The van der Waals surface area contributed by atoms with Crippen LogP contribution in [0, 0.1) is 0 Å². The van der Waals surface area contributed by atoms with Gasteiger partial charge in [0.2, 0.25) is 5.91 Å². The van der Waals surface area contributed by atoms with E-state index in [0.29, 0.717) is 18.7 Å². The average molecular weight is 352 g/mol. The number of nitrogens with zero attached hydrogens (tertiary/aromatic N) is 6. The molecule has 0 atom stereocenters. The SMILES string of the molecule is COCC(=O)N1CCN(c2ccc3nnc(-c4ccccc4)n3n2)CC1. The normalized spacial score (nSPS) is 14.8. The van der Waals surface area contributed by atoms with Crippen molar-refractivity contribution in [3.63, 3.8) is 0 Å². The fraction of sp³-hybridized carbons (Fsp3) is 0.333. The van der Waals surface area contributed by atoms with E-state index >= 15 is 0 Å². The van der Waals surface area contributed by atoms with E-state index < -0.39 is 0 Å². The van der Waals surface area contributed by atoms with Crippen LogP contribution in [-0.4, -0.2) is 70.5 Å². The number of piperazine rings is 1. The lowest BCUT2D eigenvalue weighted by atomic mass is 10.2. The molecule has 4 rings (SSSR count). The summed E-state index contributed by atoms with van der Waals surface area (Å²) in [4.78, 5) is 15.9. The third-order valence-corrected chi connectivity index (χ3v) is 4.50. The largest absolute Gasteiger partial charge is 0.375 e. The van der Waals surface area contributed by atoms with Gasteiger partial charge in [0, 0.05) is 38.9 Å². The Morgan fingerprint density at radius 2 is 1.81 bits per heavy atom. The van der Waals surface area contributed by atoms with Gasteiger partial charge in [0.05, 0.1) is 0 Å². The number of amides is 1. The molecule has 2 aromatic heterocycles. The summed E-state index contributed by atoms with van der Waals surface area (Å²) in [5.41, 5.74) is 1.68. The average Bonchev–Trinajstić information content (AvgIpc) is 3.12. The molecule has 0 bridgehead atoms. The molecule has 1 fully saturated rings. The molecule has 8 nitrogen and oxygen atoms in total. The van der Waals surface area contributed by atoms with Crippen LogP contribution in [0.1, 0.15) is 0 Å². The predicted octanol–water partition coefficient (Wildman–Crippen LogP) is 1.09. The lowest BCUT2D eigenvalue weighted by Gasteiger charge is -2.35. The number of carbonyl (C=O) groups is 1. The molecule has 1 aromatic carbocycles. The minimum Gasteiger partial charge on any atom is -0.375 e. The summed E-state index contributed by atoms with van der Waals surface area (Å²) in [5.74, 6) is 1.60. The molecule has 0 radical (unpaired) electrons. The summed E-state index contributed by atoms with van der Waals surface area (Å²) in [7, 11) is 1.54. The number of ether oxygens (including phenoxy) is 1. The van der Waals surface area contributed by atoms with Crippen LogP contribution in [0.25, 0.3) is 17.0 Å². The third kappa shape index (κ3) is 3.11. The van der Waals surface area contributed by atoms with E-state index in [2.05, 4.69) is 15.1 Å². The Morgan fingerprint density at radius 3 is 2.54 bits per heavy atom. The number of rotatable bonds is 4. The van der Waals surface area contributed by atoms with Gasteiger partial charge in [-0.15, -0.1) is 15.3 Å². The summed E-state index contributed by atoms with van der Waals surface area (Å²) in [5, 5.41) is 13.2. The van der Waals surface area contributed by atoms with Crippen molar-refractivity contribution in [2.75, 3.05) is 44.8 Å². The van der Waals surface area contributed by atoms with Crippen molar-refractivity contribution in [1.29, 1.82) is 0 Å². The van der Waals surface area contributed by atoms with Gasteiger partial charge in [0.15, 0.2) is 11.5 Å². The van der Waals surface area contributed by atoms with Gasteiger partial charge in [-0.3, -0.25) is 4.79 Å². The molecule has 1 amide bonds. The van der Waals surface area contributed by atoms with E-state index in [1.54, 1.807) is 4.52 Å². The lowest BCUT2D eigenvalue weighted by Crippen LogP contribution is -2.50. The second kappa shape index (κ2) is 7.09. The first-order valence-corrected chi connectivity index (χ1v) is 8.56. The highest BCUT2D eigenvalue weighted by Crippen LogP contribution is 2.20. The van der Waals surface area contributed by atoms with E-state index in [0.717, 1.165) is 30.3 Å². The fourth-order valence-corrected chi connectivity index (χ4v) is 3.11. The molecule has 1 aliphatic heterocycles. The Labute approximate surface area is 151 Å². The first-order chi connectivity index (χ1) is 12.8. The fourth-order valence-electron chi connectivity index (χ4n) is 3.11. The van der Waals surface area contributed by atoms with E-state index in [1.807, 2.05) is 47.4 Å². The van der Waals surface area contributed by atoms with Gasteiger partial charge in [0.1, 0.15) is 12.4 Å². The van der Waals surface area contributed by atoms with Crippen LogP contribution in [0.3, 0.4) is 0 Å². The van der Waals surface area contributed by atoms with Crippen LogP contribution >= 0.6 is 0 Å². The van der Waals surface area contributed by atoms with Crippen molar-refractivity contribution in [2.24, 2.45) is 0 Å². The molecular formula is C18H20N6O2. The quantitative estimate of drug-likeness (QED) is 0.700. The Morgan fingerprint density at radius 1 is 1.04 bits per heavy atom. The summed E-state index contributed by atoms with van der Waals surface area (Å²) >= 11 is 0. The first-order valence-electron chi connectivity index (χ1n) is 8.56. The first kappa shape index (κ1) is 16.5. The molecule has 0 unspecified atom stereocenters. The zero-order valence-electron chi connectivity index (χ0n) is 14.6. The number of hydrogen-bond acceptors (Lipinski definition) is 6. The van der Waals surface area contributed by atoms with Crippen molar-refractivity contribution >= 4 is 17.4 Å². The number of methoxy groups -OCH3 is 1. The molecule has 0 spiro atoms. The maximum absolute atomic E-state index is 11.9. The number of carbonyl (C=O) groups excluding carboxylic acids is 1. The summed E-state index contributed by atoms with van der Waals surface area (Å²) in [6, 6.07) is 13.8. The van der Waals surface area contributed by atoms with Gasteiger partial charge >= 0.3 is 0 Å². The van der Waals surface area contributed by atoms with E-state index in [9.17, 15) is 4.79 Å². The molecule has 0 saturated carbocycles. The van der Waals surface area contributed by atoms with Crippen molar-refractivity contribution in [3.8, 4) is 11.4 Å². The molecule has 3 heterocycles. The summed E-state index contributed by atoms with van der Waals surface area (Å²) in [6.07, 6.45) is 0. The number of anilines is 1. The Balaban J connectivity index is 1.56. The van der Waals surface area contributed by atoms with Gasteiger partial charge < -0.3 is 14.5 Å². The second-order valence-electron chi connectivity index (χ2n) is 6.15. The van der Waals surface area contributed by atoms with E-state index in [-0.39, 0.29) is 12.5 Å². The highest BCUT2D eigenvalue weighted by atomic mass is 16.5. The monoisotopic (exact) mass is 352 g/mol. The topological polar surface area (TPSA) is 75.9 Å². The molecule has 8 heteroatoms. The number of fused-ring (bicyclic) bond motifs is 1. The van der Waals surface area contributed by atoms with Gasteiger partial charge in [-0.05, 0) is 12.1 Å². The standard InChI is InChI=1S/C18H20N6O2/c1-26-13-17(25)23-11-9-22(10-12-23)16-8-7-15-19-20-18(24(15)21-16)14-5-3-2-4-6-14/h2-8H,9-13H2,1H3. The maximum atomic E-state index is 11.9. The molecule has 134 valence electrons. The van der Waals surface area contributed by atoms with Crippen LogP contribution < -0.4 is 4.90 Å². The third-order valence-electron chi connectivity index (χ3n) is 4.50. The van der Waals surface area contributed by atoms with Crippen LogP contribution in [0.4, 0.5) is 5.82 Å². The molecule has 1 saturated heterocycles. The smallest absolute Gasteiger partial charge is 0.248 e. The van der Waals surface area contributed by atoms with E-state index in [4.69, 9.17) is 9.84 Å². The number of hydrogen-bond donors (Lipinski definition) is 0. The molecular weight excluding hydrogens is 332 g/mol. The van der Waals surface area contributed by atoms with Gasteiger partial charge in [0.25, 0.3) is 0 Å².